The van der Waals surface area contributed by atoms with E-state index in [0.29, 0.717) is 0 Å². The monoisotopic (exact) mass is 511 g/mol. The first kappa shape index (κ1) is 22.6. The van der Waals surface area contributed by atoms with Crippen molar-refractivity contribution in [1.29, 1.82) is 0 Å². The number of hydrogen-bond donors (Lipinski definition) is 0. The van der Waals surface area contributed by atoms with Crippen molar-refractivity contribution in [2.75, 3.05) is 0 Å². The van der Waals surface area contributed by atoms with E-state index in [1.54, 1.807) is 0 Å². The molecule has 3 nitrogen and oxygen atoms in total. The zero-order valence-corrected chi connectivity index (χ0v) is 21.8. The summed E-state index contributed by atoms with van der Waals surface area (Å²) in [5.41, 5.74) is 10.6. The first-order valence-electron chi connectivity index (χ1n) is 13.6. The third-order valence-electron chi connectivity index (χ3n) is 7.84. The van der Waals surface area contributed by atoms with E-state index in [-0.39, 0.29) is 0 Å². The molecule has 3 aromatic heterocycles. The molecule has 40 heavy (non-hydrogen) atoms. The molecule has 0 saturated carbocycles. The third kappa shape index (κ3) is 3.56. The maximum atomic E-state index is 4.43. The summed E-state index contributed by atoms with van der Waals surface area (Å²) in [4.78, 5) is 4.43. The van der Waals surface area contributed by atoms with Gasteiger partial charge in [-0.25, -0.2) is 0 Å². The molecule has 0 radical (unpaired) electrons. The topological polar surface area (TPSA) is 22.8 Å². The van der Waals surface area contributed by atoms with Crippen LogP contribution < -0.4 is 0 Å². The number of pyridine rings is 1. The normalized spacial score (nSPS) is 11.5. The zero-order valence-electron chi connectivity index (χ0n) is 21.8. The van der Waals surface area contributed by atoms with E-state index in [2.05, 4.69) is 154 Å². The Hall–Kier alpha value is -5.41. The molecule has 3 heterocycles. The van der Waals surface area contributed by atoms with Crippen LogP contribution >= 0.6 is 0 Å². The van der Waals surface area contributed by atoms with Crippen molar-refractivity contribution >= 4 is 32.7 Å². The molecule has 0 saturated heterocycles. The zero-order chi connectivity index (χ0) is 26.5. The van der Waals surface area contributed by atoms with Gasteiger partial charge in [0.1, 0.15) is 0 Å². The minimum atomic E-state index is 1.11. The summed E-state index contributed by atoms with van der Waals surface area (Å²) in [5, 5.41) is 3.68. The molecule has 3 heteroatoms. The van der Waals surface area contributed by atoms with E-state index in [1.807, 2.05) is 12.4 Å². The van der Waals surface area contributed by atoms with Crippen LogP contribution in [0.3, 0.4) is 0 Å². The minimum Gasteiger partial charge on any atom is -0.309 e. The van der Waals surface area contributed by atoms with E-state index in [0.717, 1.165) is 16.9 Å². The quantitative estimate of drug-likeness (QED) is 0.231. The highest BCUT2D eigenvalue weighted by Gasteiger charge is 2.15. The molecular formula is C37H25N3. The highest BCUT2D eigenvalue weighted by Crippen LogP contribution is 2.35. The predicted octanol–water partition coefficient (Wildman–Crippen LogP) is 9.46. The number of hydrogen-bond acceptors (Lipinski definition) is 1. The summed E-state index contributed by atoms with van der Waals surface area (Å²) in [7, 11) is 0. The third-order valence-corrected chi connectivity index (χ3v) is 7.84. The summed E-state index contributed by atoms with van der Waals surface area (Å²) >= 11 is 0. The van der Waals surface area contributed by atoms with Gasteiger partial charge in [-0.2, -0.15) is 0 Å². The Morgan fingerprint density at radius 2 is 1.02 bits per heavy atom. The van der Waals surface area contributed by atoms with Crippen LogP contribution in [-0.2, 0) is 0 Å². The number of para-hydroxylation sites is 2. The van der Waals surface area contributed by atoms with E-state index >= 15 is 0 Å². The van der Waals surface area contributed by atoms with Gasteiger partial charge in [0.05, 0.1) is 28.4 Å². The molecule has 0 unspecified atom stereocenters. The average Bonchev–Trinajstić information content (AvgIpc) is 3.58. The highest BCUT2D eigenvalue weighted by atomic mass is 15.0. The molecule has 0 N–H and O–H groups in total. The van der Waals surface area contributed by atoms with Crippen LogP contribution in [0.15, 0.2) is 152 Å². The lowest BCUT2D eigenvalue weighted by Gasteiger charge is -2.14. The van der Waals surface area contributed by atoms with Crippen molar-refractivity contribution in [3.63, 3.8) is 0 Å². The molecule has 5 aromatic carbocycles. The molecular weight excluding hydrogens is 486 g/mol. The maximum Gasteiger partial charge on any atom is 0.0724 e. The molecule has 0 atom stereocenters. The van der Waals surface area contributed by atoms with Gasteiger partial charge >= 0.3 is 0 Å². The van der Waals surface area contributed by atoms with Gasteiger partial charge < -0.3 is 9.13 Å². The fraction of sp³-hybridized carbons (Fsp3) is 0. The Kier molecular flexibility index (Phi) is 5.14. The lowest BCUT2D eigenvalue weighted by atomic mass is 10.0. The summed E-state index contributed by atoms with van der Waals surface area (Å²) in [6.07, 6.45) is 3.83. The van der Waals surface area contributed by atoms with Gasteiger partial charge in [-0.3, -0.25) is 4.98 Å². The fourth-order valence-corrected chi connectivity index (χ4v) is 5.96. The second-order valence-corrected chi connectivity index (χ2v) is 10.1. The van der Waals surface area contributed by atoms with Gasteiger partial charge in [0.25, 0.3) is 0 Å². The number of fused-ring (bicyclic) bond motifs is 4. The van der Waals surface area contributed by atoms with Crippen molar-refractivity contribution in [2.45, 2.75) is 0 Å². The first-order chi connectivity index (χ1) is 19.8. The molecule has 0 spiro atoms. The van der Waals surface area contributed by atoms with Crippen molar-refractivity contribution in [3.8, 4) is 33.8 Å². The van der Waals surface area contributed by atoms with E-state index in [4.69, 9.17) is 0 Å². The standard InChI is InChI=1S/C37H25N3/c1-2-8-26(9-3-1)27-14-16-28(17-15-27)36-24-29-10-4-6-12-34(29)39(36)30-18-20-31(21-19-30)40-35-13-7-5-11-32(35)33-22-23-38-25-37(33)40/h1-25H. The molecule has 8 aromatic rings. The minimum absolute atomic E-state index is 1.11. The SMILES string of the molecule is c1ccc(-c2ccc(-c3cc4ccccc4n3-c3ccc(-n4c5ccccc5c5ccncc54)cc3)cc2)cc1. The van der Waals surface area contributed by atoms with Crippen molar-refractivity contribution in [3.05, 3.63) is 152 Å². The summed E-state index contributed by atoms with van der Waals surface area (Å²) in [6, 6.07) is 49.8. The Labute approximate surface area is 232 Å². The molecule has 0 aliphatic heterocycles. The maximum absolute atomic E-state index is 4.43. The van der Waals surface area contributed by atoms with Gasteiger partial charge in [-0.15, -0.1) is 0 Å². The Morgan fingerprint density at radius 3 is 1.82 bits per heavy atom. The van der Waals surface area contributed by atoms with E-state index in [9.17, 15) is 0 Å². The lowest BCUT2D eigenvalue weighted by Crippen LogP contribution is -1.99. The Morgan fingerprint density at radius 1 is 0.425 bits per heavy atom. The fourth-order valence-electron chi connectivity index (χ4n) is 5.96. The van der Waals surface area contributed by atoms with Crippen molar-refractivity contribution in [1.82, 2.24) is 14.1 Å². The number of aromatic nitrogens is 3. The van der Waals surface area contributed by atoms with Crippen LogP contribution in [0.5, 0.6) is 0 Å². The molecule has 0 bridgehead atoms. The van der Waals surface area contributed by atoms with Crippen LogP contribution in [0.25, 0.3) is 66.5 Å². The lowest BCUT2D eigenvalue weighted by molar-refractivity contribution is 1.11. The largest absolute Gasteiger partial charge is 0.309 e. The number of rotatable bonds is 4. The number of nitrogens with zero attached hydrogens (tertiary/aromatic N) is 3. The second-order valence-electron chi connectivity index (χ2n) is 10.1. The highest BCUT2D eigenvalue weighted by molar-refractivity contribution is 6.08. The van der Waals surface area contributed by atoms with Crippen LogP contribution in [-0.4, -0.2) is 14.1 Å². The average molecular weight is 512 g/mol. The van der Waals surface area contributed by atoms with E-state index < -0.39 is 0 Å². The van der Waals surface area contributed by atoms with Gasteiger partial charge in [-0.1, -0.05) is 91.0 Å². The molecule has 0 fully saturated rings. The van der Waals surface area contributed by atoms with Gasteiger partial charge in [0.15, 0.2) is 0 Å². The van der Waals surface area contributed by atoms with Crippen molar-refractivity contribution in [2.24, 2.45) is 0 Å². The molecule has 8 rings (SSSR count). The number of benzene rings is 5. The summed E-state index contributed by atoms with van der Waals surface area (Å²) < 4.78 is 4.67. The first-order valence-corrected chi connectivity index (χ1v) is 13.6. The van der Waals surface area contributed by atoms with Gasteiger partial charge in [0, 0.05) is 33.7 Å². The Balaban J connectivity index is 1.26. The molecule has 0 amide bonds. The van der Waals surface area contributed by atoms with Crippen LogP contribution in [0.1, 0.15) is 0 Å². The Bertz CT molecular complexity index is 2080. The van der Waals surface area contributed by atoms with Gasteiger partial charge in [0.2, 0.25) is 0 Å². The van der Waals surface area contributed by atoms with Crippen LogP contribution in [0.4, 0.5) is 0 Å². The van der Waals surface area contributed by atoms with E-state index in [1.165, 1.54) is 49.6 Å². The molecule has 188 valence electrons. The smallest absolute Gasteiger partial charge is 0.0724 e. The molecule has 0 aliphatic rings. The van der Waals surface area contributed by atoms with Gasteiger partial charge in [-0.05, 0) is 65.2 Å². The van der Waals surface area contributed by atoms with Crippen LogP contribution in [0.2, 0.25) is 0 Å². The summed E-state index contributed by atoms with van der Waals surface area (Å²) in [6.45, 7) is 0. The summed E-state index contributed by atoms with van der Waals surface area (Å²) in [5.74, 6) is 0. The second kappa shape index (κ2) is 9.11. The molecule has 0 aliphatic carbocycles. The van der Waals surface area contributed by atoms with Crippen LogP contribution in [0, 0.1) is 0 Å². The van der Waals surface area contributed by atoms with Crippen molar-refractivity contribution < 1.29 is 0 Å². The predicted molar refractivity (Wildman–Crippen MR) is 166 cm³/mol.